The van der Waals surface area contributed by atoms with Gasteiger partial charge in [-0.25, -0.2) is 8.42 Å². The van der Waals surface area contributed by atoms with E-state index in [1.165, 1.54) is 30.3 Å². The molecule has 2 aromatic rings. The van der Waals surface area contributed by atoms with Crippen LogP contribution >= 0.6 is 23.2 Å². The molecule has 6 heteroatoms. The van der Waals surface area contributed by atoms with E-state index in [2.05, 4.69) is 0 Å². The van der Waals surface area contributed by atoms with Gasteiger partial charge in [-0.05, 0) is 30.3 Å². The molecule has 104 valence electrons. The van der Waals surface area contributed by atoms with E-state index in [-0.39, 0.29) is 15.5 Å². The second kappa shape index (κ2) is 5.95. The SMILES string of the molecule is O=C(CS(=O)(=O)c1ccccc1)c1ccc(Cl)c(Cl)c1. The number of carbonyl (C=O) groups is 1. The summed E-state index contributed by atoms with van der Waals surface area (Å²) in [6, 6.07) is 12.1. The van der Waals surface area contributed by atoms with Gasteiger partial charge in [-0.2, -0.15) is 0 Å². The Morgan fingerprint density at radius 2 is 1.60 bits per heavy atom. The van der Waals surface area contributed by atoms with E-state index < -0.39 is 21.4 Å². The van der Waals surface area contributed by atoms with Gasteiger partial charge in [-0.15, -0.1) is 0 Å². The van der Waals surface area contributed by atoms with Crippen molar-refractivity contribution in [3.05, 3.63) is 64.1 Å². The van der Waals surface area contributed by atoms with E-state index in [1.807, 2.05) is 0 Å². The summed E-state index contributed by atoms with van der Waals surface area (Å²) < 4.78 is 24.2. The molecular formula is C14H10Cl2O3S. The maximum Gasteiger partial charge on any atom is 0.185 e. The average Bonchev–Trinajstić information content (AvgIpc) is 2.42. The smallest absolute Gasteiger partial charge is 0.185 e. The highest BCUT2D eigenvalue weighted by Crippen LogP contribution is 2.23. The monoisotopic (exact) mass is 328 g/mol. The molecule has 0 aromatic heterocycles. The van der Waals surface area contributed by atoms with Crippen LogP contribution in [-0.4, -0.2) is 20.0 Å². The van der Waals surface area contributed by atoms with E-state index in [0.29, 0.717) is 5.02 Å². The number of Topliss-reactive ketones (excluding diaryl/α,β-unsaturated/α-hetero) is 1. The summed E-state index contributed by atoms with van der Waals surface area (Å²) in [6.07, 6.45) is 0. The van der Waals surface area contributed by atoms with Crippen LogP contribution in [0.25, 0.3) is 0 Å². The molecule has 0 amide bonds. The number of benzene rings is 2. The van der Waals surface area contributed by atoms with Gasteiger partial charge in [0.15, 0.2) is 15.6 Å². The lowest BCUT2D eigenvalue weighted by molar-refractivity contribution is 0.102. The number of ketones is 1. The molecule has 0 unspecified atom stereocenters. The molecule has 0 aliphatic carbocycles. The zero-order valence-corrected chi connectivity index (χ0v) is 12.5. The molecule has 2 rings (SSSR count). The van der Waals surface area contributed by atoms with Crippen LogP contribution < -0.4 is 0 Å². The minimum Gasteiger partial charge on any atom is -0.293 e. The van der Waals surface area contributed by atoms with Crippen molar-refractivity contribution in [3.63, 3.8) is 0 Å². The van der Waals surface area contributed by atoms with Crippen molar-refractivity contribution >= 4 is 38.8 Å². The van der Waals surface area contributed by atoms with E-state index >= 15 is 0 Å². The maximum atomic E-state index is 12.1. The topological polar surface area (TPSA) is 51.2 Å². The summed E-state index contributed by atoms with van der Waals surface area (Å²) in [5, 5.41) is 0.531. The summed E-state index contributed by atoms with van der Waals surface area (Å²) in [5.74, 6) is -1.12. The molecule has 0 atom stereocenters. The predicted molar refractivity (Wildman–Crippen MR) is 79.3 cm³/mol. The summed E-state index contributed by atoms with van der Waals surface area (Å²) >= 11 is 11.6. The predicted octanol–water partition coefficient (Wildman–Crippen LogP) is 3.65. The van der Waals surface area contributed by atoms with E-state index in [1.54, 1.807) is 18.2 Å². The lowest BCUT2D eigenvalue weighted by Crippen LogP contribution is -2.16. The van der Waals surface area contributed by atoms with Gasteiger partial charge in [0.25, 0.3) is 0 Å². The number of sulfone groups is 1. The van der Waals surface area contributed by atoms with Gasteiger partial charge in [-0.1, -0.05) is 41.4 Å². The number of halogens is 2. The third-order valence-corrected chi connectivity index (χ3v) is 5.04. The van der Waals surface area contributed by atoms with Gasteiger partial charge in [0.05, 0.1) is 14.9 Å². The second-order valence-electron chi connectivity index (χ2n) is 4.12. The van der Waals surface area contributed by atoms with Crippen LogP contribution in [0, 0.1) is 0 Å². The highest BCUT2D eigenvalue weighted by Gasteiger charge is 2.20. The number of hydrogen-bond acceptors (Lipinski definition) is 3. The minimum absolute atomic E-state index is 0.119. The minimum atomic E-state index is -3.66. The highest BCUT2D eigenvalue weighted by molar-refractivity contribution is 7.92. The molecule has 0 saturated heterocycles. The first-order valence-electron chi connectivity index (χ1n) is 5.66. The zero-order valence-electron chi connectivity index (χ0n) is 10.2. The van der Waals surface area contributed by atoms with Crippen LogP contribution in [0.3, 0.4) is 0 Å². The van der Waals surface area contributed by atoms with Crippen LogP contribution in [-0.2, 0) is 9.84 Å². The van der Waals surface area contributed by atoms with Crippen LogP contribution in [0.15, 0.2) is 53.4 Å². The molecule has 0 spiro atoms. The molecule has 3 nitrogen and oxygen atoms in total. The molecule has 0 N–H and O–H groups in total. The quantitative estimate of drug-likeness (QED) is 0.805. The Bertz CT molecular complexity index is 740. The lowest BCUT2D eigenvalue weighted by atomic mass is 10.1. The fourth-order valence-corrected chi connectivity index (χ4v) is 3.19. The normalized spacial score (nSPS) is 11.3. The Morgan fingerprint density at radius 1 is 0.950 bits per heavy atom. The van der Waals surface area contributed by atoms with Crippen LogP contribution in [0.2, 0.25) is 10.0 Å². The van der Waals surface area contributed by atoms with Crippen molar-refractivity contribution < 1.29 is 13.2 Å². The summed E-state index contributed by atoms with van der Waals surface area (Å²) in [4.78, 5) is 12.1. The fraction of sp³-hybridized carbons (Fsp3) is 0.0714. The number of hydrogen-bond donors (Lipinski definition) is 0. The molecule has 20 heavy (non-hydrogen) atoms. The number of carbonyl (C=O) groups excluding carboxylic acids is 1. The molecule has 0 bridgehead atoms. The Labute approximate surface area is 127 Å². The van der Waals surface area contributed by atoms with Crippen LogP contribution in [0.4, 0.5) is 0 Å². The first-order chi connectivity index (χ1) is 9.40. The standard InChI is InChI=1S/C14H10Cl2O3S/c15-12-7-6-10(8-13(12)16)14(17)9-20(18,19)11-4-2-1-3-5-11/h1-8H,9H2. The summed E-state index contributed by atoms with van der Waals surface area (Å²) in [6.45, 7) is 0. The Kier molecular flexibility index (Phi) is 4.48. The van der Waals surface area contributed by atoms with E-state index in [0.717, 1.165) is 0 Å². The molecule has 0 radical (unpaired) electrons. The second-order valence-corrected chi connectivity index (χ2v) is 6.93. The van der Waals surface area contributed by atoms with Gasteiger partial charge < -0.3 is 0 Å². The van der Waals surface area contributed by atoms with Crippen molar-refractivity contribution in [1.29, 1.82) is 0 Å². The van der Waals surface area contributed by atoms with Crippen molar-refractivity contribution in [3.8, 4) is 0 Å². The van der Waals surface area contributed by atoms with Gasteiger partial charge in [-0.3, -0.25) is 4.79 Å². The number of rotatable bonds is 4. The summed E-state index contributed by atoms with van der Waals surface area (Å²) in [7, 11) is -3.66. The molecule has 0 heterocycles. The highest BCUT2D eigenvalue weighted by atomic mass is 35.5. The Morgan fingerprint density at radius 3 is 2.20 bits per heavy atom. The molecule has 0 saturated carbocycles. The van der Waals surface area contributed by atoms with Crippen LogP contribution in [0.5, 0.6) is 0 Å². The van der Waals surface area contributed by atoms with Crippen LogP contribution in [0.1, 0.15) is 10.4 Å². The molecule has 0 fully saturated rings. The molecule has 2 aromatic carbocycles. The van der Waals surface area contributed by atoms with Crippen molar-refractivity contribution in [2.24, 2.45) is 0 Å². The van der Waals surface area contributed by atoms with Crippen molar-refractivity contribution in [2.75, 3.05) is 5.75 Å². The average molecular weight is 329 g/mol. The maximum absolute atomic E-state index is 12.1. The molecular weight excluding hydrogens is 319 g/mol. The first-order valence-corrected chi connectivity index (χ1v) is 8.07. The largest absolute Gasteiger partial charge is 0.293 e. The Balaban J connectivity index is 2.25. The third-order valence-electron chi connectivity index (χ3n) is 2.67. The first kappa shape index (κ1) is 15.0. The van der Waals surface area contributed by atoms with Gasteiger partial charge in [0.1, 0.15) is 5.75 Å². The summed E-state index contributed by atoms with van der Waals surface area (Å²) in [5.41, 5.74) is 0.221. The van der Waals surface area contributed by atoms with E-state index in [9.17, 15) is 13.2 Å². The zero-order chi connectivity index (χ0) is 14.8. The fourth-order valence-electron chi connectivity index (χ4n) is 1.64. The lowest BCUT2D eigenvalue weighted by Gasteiger charge is -2.05. The van der Waals surface area contributed by atoms with E-state index in [4.69, 9.17) is 23.2 Å². The molecule has 0 aliphatic rings. The third kappa shape index (κ3) is 3.39. The molecule has 0 aliphatic heterocycles. The van der Waals surface area contributed by atoms with Gasteiger partial charge in [0, 0.05) is 5.56 Å². The Hall–Kier alpha value is -1.36. The van der Waals surface area contributed by atoms with Crippen molar-refractivity contribution in [1.82, 2.24) is 0 Å². The van der Waals surface area contributed by atoms with Gasteiger partial charge in [0.2, 0.25) is 0 Å². The van der Waals surface area contributed by atoms with Crippen molar-refractivity contribution in [2.45, 2.75) is 4.90 Å². The van der Waals surface area contributed by atoms with Gasteiger partial charge >= 0.3 is 0 Å².